The van der Waals surface area contributed by atoms with Gasteiger partial charge in [0, 0.05) is 44.0 Å². The summed E-state index contributed by atoms with van der Waals surface area (Å²) in [6.45, 7) is 5.46. The second-order valence-electron chi connectivity index (χ2n) is 6.63. The Labute approximate surface area is 155 Å². The van der Waals surface area contributed by atoms with Crippen LogP contribution in [0.25, 0.3) is 21.9 Å². The summed E-state index contributed by atoms with van der Waals surface area (Å²) in [4.78, 5) is 17.1. The van der Waals surface area contributed by atoms with Crippen LogP contribution in [0.4, 0.5) is 5.69 Å². The van der Waals surface area contributed by atoms with E-state index in [0.717, 1.165) is 33.2 Å². The van der Waals surface area contributed by atoms with E-state index in [2.05, 4.69) is 41.3 Å². The summed E-state index contributed by atoms with van der Waals surface area (Å²) < 4.78 is 0. The van der Waals surface area contributed by atoms with Crippen LogP contribution in [0, 0.1) is 0 Å². The molecule has 134 valence electrons. The Balaban J connectivity index is 2.23. The molecule has 0 aromatic heterocycles. The lowest BCUT2D eigenvalue weighted by Crippen LogP contribution is -2.30. The molecule has 0 unspecified atom stereocenters. The minimum absolute atomic E-state index is 0.0902. The number of fused-ring (bicyclic) bond motifs is 1. The van der Waals surface area contributed by atoms with Crippen molar-refractivity contribution in [3.05, 3.63) is 66.2 Å². The van der Waals surface area contributed by atoms with E-state index < -0.39 is 0 Å². The Kier molecular flexibility index (Phi) is 5.27. The van der Waals surface area contributed by atoms with Gasteiger partial charge < -0.3 is 9.80 Å². The van der Waals surface area contributed by atoms with Crippen molar-refractivity contribution in [1.82, 2.24) is 4.90 Å². The number of nitrogens with zero attached hydrogens (tertiary/aromatic N) is 2. The van der Waals surface area contributed by atoms with Crippen molar-refractivity contribution in [2.24, 2.45) is 0 Å². The quantitative estimate of drug-likeness (QED) is 0.645. The molecule has 0 aliphatic rings. The molecule has 3 aromatic rings. The van der Waals surface area contributed by atoms with Crippen LogP contribution in [0.1, 0.15) is 24.2 Å². The highest BCUT2D eigenvalue weighted by Gasteiger charge is 2.19. The number of hydrogen-bond acceptors (Lipinski definition) is 2. The third kappa shape index (κ3) is 3.30. The van der Waals surface area contributed by atoms with E-state index in [1.807, 2.05) is 57.1 Å². The van der Waals surface area contributed by atoms with Crippen LogP contribution in [0.15, 0.2) is 60.7 Å². The molecular formula is C23H26N2O. The van der Waals surface area contributed by atoms with Gasteiger partial charge in [0.25, 0.3) is 5.91 Å². The van der Waals surface area contributed by atoms with Gasteiger partial charge in [-0.25, -0.2) is 0 Å². The van der Waals surface area contributed by atoms with Crippen molar-refractivity contribution in [2.45, 2.75) is 13.8 Å². The van der Waals surface area contributed by atoms with E-state index in [4.69, 9.17) is 0 Å². The molecule has 0 fully saturated rings. The second kappa shape index (κ2) is 7.61. The van der Waals surface area contributed by atoms with Gasteiger partial charge in [0.15, 0.2) is 0 Å². The lowest BCUT2D eigenvalue weighted by atomic mass is 9.92. The van der Waals surface area contributed by atoms with Gasteiger partial charge in [0.2, 0.25) is 0 Å². The summed E-state index contributed by atoms with van der Waals surface area (Å²) in [6.07, 6.45) is 0. The maximum atomic E-state index is 13.1. The monoisotopic (exact) mass is 346 g/mol. The molecule has 0 heterocycles. The molecule has 0 bridgehead atoms. The molecule has 0 spiro atoms. The molecular weight excluding hydrogens is 320 g/mol. The fourth-order valence-corrected chi connectivity index (χ4v) is 3.37. The fraction of sp³-hybridized carbons (Fsp3) is 0.261. The Hall–Kier alpha value is -2.81. The Morgan fingerprint density at radius 3 is 2.12 bits per heavy atom. The molecule has 3 rings (SSSR count). The maximum Gasteiger partial charge on any atom is 0.254 e. The molecule has 3 nitrogen and oxygen atoms in total. The second-order valence-corrected chi connectivity index (χ2v) is 6.63. The van der Waals surface area contributed by atoms with E-state index >= 15 is 0 Å². The van der Waals surface area contributed by atoms with E-state index in [-0.39, 0.29) is 5.91 Å². The minimum atomic E-state index is 0.0902. The molecule has 0 aliphatic carbocycles. The minimum Gasteiger partial charge on any atom is -0.378 e. The van der Waals surface area contributed by atoms with Crippen LogP contribution < -0.4 is 4.90 Å². The van der Waals surface area contributed by atoms with Crippen LogP contribution in [0.2, 0.25) is 0 Å². The molecule has 1 amide bonds. The van der Waals surface area contributed by atoms with Crippen molar-refractivity contribution >= 4 is 22.4 Å². The van der Waals surface area contributed by atoms with E-state index in [1.54, 1.807) is 0 Å². The average molecular weight is 346 g/mol. The summed E-state index contributed by atoms with van der Waals surface area (Å²) >= 11 is 0. The Bertz CT molecular complexity index is 909. The van der Waals surface area contributed by atoms with Crippen molar-refractivity contribution in [3.63, 3.8) is 0 Å². The molecule has 0 N–H and O–H groups in total. The highest BCUT2D eigenvalue weighted by atomic mass is 16.2. The predicted octanol–water partition coefficient (Wildman–Crippen LogP) is 5.05. The fourth-order valence-electron chi connectivity index (χ4n) is 3.37. The largest absolute Gasteiger partial charge is 0.378 e. The van der Waals surface area contributed by atoms with Gasteiger partial charge in [0.05, 0.1) is 0 Å². The molecule has 0 aliphatic heterocycles. The predicted molar refractivity (Wildman–Crippen MR) is 111 cm³/mol. The molecule has 0 atom stereocenters. The normalized spacial score (nSPS) is 10.8. The van der Waals surface area contributed by atoms with Gasteiger partial charge in [-0.05, 0) is 48.4 Å². The number of hydrogen-bond donors (Lipinski definition) is 0. The third-order valence-electron chi connectivity index (χ3n) is 4.88. The smallest absolute Gasteiger partial charge is 0.254 e. The molecule has 0 radical (unpaired) electrons. The first-order chi connectivity index (χ1) is 12.6. The standard InChI is InChI=1S/C23H26N2O/c1-5-25(6-2)23(26)21-16-13-17-9-7-8-10-20(17)22(21)18-11-14-19(15-12-18)24(3)4/h7-16H,5-6H2,1-4H3. The summed E-state index contributed by atoms with van der Waals surface area (Å²) in [7, 11) is 4.06. The first-order valence-corrected chi connectivity index (χ1v) is 9.15. The number of amides is 1. The molecule has 3 heteroatoms. The number of carbonyl (C=O) groups excluding carboxylic acids is 1. The highest BCUT2D eigenvalue weighted by molar-refractivity contribution is 6.10. The highest BCUT2D eigenvalue weighted by Crippen LogP contribution is 2.34. The zero-order chi connectivity index (χ0) is 18.7. The number of benzene rings is 3. The Morgan fingerprint density at radius 1 is 0.846 bits per heavy atom. The van der Waals surface area contributed by atoms with E-state index in [9.17, 15) is 4.79 Å². The molecule has 0 saturated carbocycles. The maximum absolute atomic E-state index is 13.1. The number of rotatable bonds is 5. The molecule has 0 saturated heterocycles. The van der Waals surface area contributed by atoms with Crippen molar-refractivity contribution in [3.8, 4) is 11.1 Å². The van der Waals surface area contributed by atoms with Crippen LogP contribution in [0.3, 0.4) is 0 Å². The lowest BCUT2D eigenvalue weighted by Gasteiger charge is -2.22. The van der Waals surface area contributed by atoms with Crippen LogP contribution >= 0.6 is 0 Å². The average Bonchev–Trinajstić information content (AvgIpc) is 2.68. The molecule has 26 heavy (non-hydrogen) atoms. The van der Waals surface area contributed by atoms with Gasteiger partial charge in [-0.15, -0.1) is 0 Å². The van der Waals surface area contributed by atoms with Crippen molar-refractivity contribution < 1.29 is 4.79 Å². The summed E-state index contributed by atoms with van der Waals surface area (Å²) in [5.74, 6) is 0.0902. The lowest BCUT2D eigenvalue weighted by molar-refractivity contribution is 0.0774. The summed E-state index contributed by atoms with van der Waals surface area (Å²) in [5, 5.41) is 2.26. The van der Waals surface area contributed by atoms with Crippen molar-refractivity contribution in [1.29, 1.82) is 0 Å². The van der Waals surface area contributed by atoms with Crippen LogP contribution in [0.5, 0.6) is 0 Å². The van der Waals surface area contributed by atoms with Gasteiger partial charge in [0.1, 0.15) is 0 Å². The van der Waals surface area contributed by atoms with E-state index in [1.165, 1.54) is 0 Å². The topological polar surface area (TPSA) is 23.6 Å². The van der Waals surface area contributed by atoms with Crippen LogP contribution in [-0.4, -0.2) is 38.0 Å². The summed E-state index contributed by atoms with van der Waals surface area (Å²) in [6, 6.07) is 20.7. The van der Waals surface area contributed by atoms with Crippen molar-refractivity contribution in [2.75, 3.05) is 32.1 Å². The van der Waals surface area contributed by atoms with Crippen LogP contribution in [-0.2, 0) is 0 Å². The van der Waals surface area contributed by atoms with E-state index in [0.29, 0.717) is 13.1 Å². The third-order valence-corrected chi connectivity index (χ3v) is 4.88. The van der Waals surface area contributed by atoms with Gasteiger partial charge in [-0.2, -0.15) is 0 Å². The first kappa shape index (κ1) is 18.0. The SMILES string of the molecule is CCN(CC)C(=O)c1ccc2ccccc2c1-c1ccc(N(C)C)cc1. The number of carbonyl (C=O) groups is 1. The molecule has 3 aromatic carbocycles. The van der Waals surface area contributed by atoms with Gasteiger partial charge >= 0.3 is 0 Å². The zero-order valence-corrected chi connectivity index (χ0v) is 16.0. The number of anilines is 1. The summed E-state index contributed by atoms with van der Waals surface area (Å²) in [5.41, 5.74) is 4.00. The van der Waals surface area contributed by atoms with Gasteiger partial charge in [-0.3, -0.25) is 4.79 Å². The van der Waals surface area contributed by atoms with Gasteiger partial charge in [-0.1, -0.05) is 42.5 Å². The zero-order valence-electron chi connectivity index (χ0n) is 16.0. The first-order valence-electron chi connectivity index (χ1n) is 9.15. The Morgan fingerprint density at radius 2 is 1.50 bits per heavy atom.